The molecule has 0 bridgehead atoms. The van der Waals surface area contributed by atoms with Gasteiger partial charge in [-0.3, -0.25) is 0 Å². The van der Waals surface area contributed by atoms with Crippen LogP contribution in [0, 0.1) is 11.3 Å². The quantitative estimate of drug-likeness (QED) is 0.583. The van der Waals surface area contributed by atoms with Crippen LogP contribution in [-0.4, -0.2) is 28.2 Å². The van der Waals surface area contributed by atoms with Crippen molar-refractivity contribution in [1.82, 2.24) is 15.0 Å². The van der Waals surface area contributed by atoms with Gasteiger partial charge in [0.15, 0.2) is 16.5 Å². The minimum atomic E-state index is 0.418. The topological polar surface area (TPSA) is 93.0 Å². The van der Waals surface area contributed by atoms with E-state index in [-0.39, 0.29) is 0 Å². The van der Waals surface area contributed by atoms with Gasteiger partial charge in [-0.2, -0.15) is 5.26 Å². The van der Waals surface area contributed by atoms with Crippen LogP contribution in [-0.2, 0) is 0 Å². The van der Waals surface area contributed by atoms with E-state index >= 15 is 0 Å². The van der Waals surface area contributed by atoms with Gasteiger partial charge in [0.2, 0.25) is 0 Å². The van der Waals surface area contributed by atoms with Crippen LogP contribution < -0.4 is 14.8 Å². The summed E-state index contributed by atoms with van der Waals surface area (Å²) >= 11 is 1.34. The number of ether oxygens (including phenoxy) is 2. The SMILES string of the molecule is N#Cc1nc2ccc3ncnc(Nc4ccc5c(c4)OCCO5)c3c2s1. The molecule has 1 aliphatic heterocycles. The van der Waals surface area contributed by atoms with Crippen LogP contribution in [0.4, 0.5) is 11.5 Å². The van der Waals surface area contributed by atoms with Gasteiger partial charge in [-0.05, 0) is 24.3 Å². The van der Waals surface area contributed by atoms with Crippen LogP contribution in [0.5, 0.6) is 11.5 Å². The number of nitrogens with one attached hydrogen (secondary N) is 1. The normalized spacial score (nSPS) is 12.9. The molecule has 2 aromatic heterocycles. The van der Waals surface area contributed by atoms with Crippen molar-refractivity contribution in [2.75, 3.05) is 18.5 Å². The lowest BCUT2D eigenvalue weighted by Gasteiger charge is -2.19. The number of nitrogens with zero attached hydrogens (tertiary/aromatic N) is 4. The highest BCUT2D eigenvalue weighted by Gasteiger charge is 2.15. The third kappa shape index (κ3) is 2.37. The largest absolute Gasteiger partial charge is 0.486 e. The Kier molecular flexibility index (Phi) is 3.33. The number of fused-ring (bicyclic) bond motifs is 4. The first-order valence-corrected chi connectivity index (χ1v) is 8.74. The first-order chi connectivity index (χ1) is 12.8. The third-order valence-corrected chi connectivity index (χ3v) is 5.05. The number of hydrogen-bond acceptors (Lipinski definition) is 8. The van der Waals surface area contributed by atoms with Crippen LogP contribution in [0.2, 0.25) is 0 Å². The highest BCUT2D eigenvalue weighted by Crippen LogP contribution is 2.36. The molecule has 1 aliphatic rings. The minimum absolute atomic E-state index is 0.418. The Morgan fingerprint density at radius 1 is 1.04 bits per heavy atom. The lowest BCUT2D eigenvalue weighted by atomic mass is 10.2. The van der Waals surface area contributed by atoms with Crippen molar-refractivity contribution in [2.45, 2.75) is 0 Å². The molecule has 1 N–H and O–H groups in total. The van der Waals surface area contributed by atoms with Crippen LogP contribution in [0.25, 0.3) is 21.1 Å². The standard InChI is InChI=1S/C18H11N5O2S/c19-8-15-23-12-3-2-11-16(17(12)26-15)18(21-9-20-11)22-10-1-4-13-14(7-10)25-6-5-24-13/h1-4,7,9H,5-6H2,(H,20,21,22). The molecule has 0 saturated carbocycles. The molecular formula is C18H11N5O2S. The van der Waals surface area contributed by atoms with Crippen LogP contribution in [0.1, 0.15) is 5.01 Å². The van der Waals surface area contributed by atoms with Crippen molar-refractivity contribution < 1.29 is 9.47 Å². The van der Waals surface area contributed by atoms with Crippen molar-refractivity contribution in [2.24, 2.45) is 0 Å². The van der Waals surface area contributed by atoms with E-state index in [4.69, 9.17) is 14.7 Å². The summed E-state index contributed by atoms with van der Waals surface area (Å²) in [5.41, 5.74) is 2.39. The number of thiazole rings is 1. The zero-order chi connectivity index (χ0) is 17.5. The Morgan fingerprint density at radius 3 is 2.77 bits per heavy atom. The molecule has 0 atom stereocenters. The van der Waals surface area contributed by atoms with Gasteiger partial charge >= 0.3 is 0 Å². The summed E-state index contributed by atoms with van der Waals surface area (Å²) in [6, 6.07) is 11.5. The average molecular weight is 361 g/mol. The van der Waals surface area contributed by atoms with Gasteiger partial charge in [-0.25, -0.2) is 15.0 Å². The maximum absolute atomic E-state index is 9.15. The van der Waals surface area contributed by atoms with E-state index < -0.39 is 0 Å². The fourth-order valence-corrected chi connectivity index (χ4v) is 3.84. The molecule has 0 aliphatic carbocycles. The van der Waals surface area contributed by atoms with E-state index in [0.717, 1.165) is 32.6 Å². The van der Waals surface area contributed by atoms with Gasteiger partial charge < -0.3 is 14.8 Å². The van der Waals surface area contributed by atoms with Crippen molar-refractivity contribution in [3.63, 3.8) is 0 Å². The summed E-state index contributed by atoms with van der Waals surface area (Å²) < 4.78 is 12.1. The van der Waals surface area contributed by atoms with Crippen molar-refractivity contribution in [1.29, 1.82) is 5.26 Å². The molecular weight excluding hydrogens is 350 g/mol. The number of nitriles is 1. The zero-order valence-corrected chi connectivity index (χ0v) is 14.2. The summed E-state index contributed by atoms with van der Waals surface area (Å²) in [6.07, 6.45) is 1.51. The third-order valence-electron chi connectivity index (χ3n) is 4.06. The van der Waals surface area contributed by atoms with E-state index in [9.17, 15) is 0 Å². The second kappa shape index (κ2) is 5.82. The molecule has 4 aromatic rings. The molecule has 0 unspecified atom stereocenters. The summed E-state index contributed by atoms with van der Waals surface area (Å²) in [5.74, 6) is 2.09. The number of rotatable bonds is 2. The Balaban J connectivity index is 1.65. The Bertz CT molecular complexity index is 1200. The summed E-state index contributed by atoms with van der Waals surface area (Å²) in [5, 5.41) is 13.7. The fraction of sp³-hybridized carbons (Fsp3) is 0.111. The number of aromatic nitrogens is 3. The van der Waals surface area contributed by atoms with E-state index in [2.05, 4.69) is 26.3 Å². The monoisotopic (exact) mass is 361 g/mol. The molecule has 0 fully saturated rings. The summed E-state index contributed by atoms with van der Waals surface area (Å²) in [7, 11) is 0. The second-order valence-corrected chi connectivity index (χ2v) is 6.64. The van der Waals surface area contributed by atoms with Gasteiger partial charge in [0.05, 0.1) is 21.1 Å². The molecule has 2 aromatic carbocycles. The number of anilines is 2. The number of hydrogen-bond donors (Lipinski definition) is 1. The average Bonchev–Trinajstić information content (AvgIpc) is 3.11. The maximum Gasteiger partial charge on any atom is 0.195 e. The molecule has 7 nitrogen and oxygen atoms in total. The van der Waals surface area contributed by atoms with Crippen LogP contribution >= 0.6 is 11.3 Å². The molecule has 0 saturated heterocycles. The molecule has 0 amide bonds. The van der Waals surface area contributed by atoms with Gasteiger partial charge in [0.1, 0.15) is 31.4 Å². The Hall–Kier alpha value is -3.44. The molecule has 8 heteroatoms. The van der Waals surface area contributed by atoms with Crippen LogP contribution in [0.15, 0.2) is 36.7 Å². The molecule has 0 spiro atoms. The predicted molar refractivity (Wildman–Crippen MR) is 98.1 cm³/mol. The van der Waals surface area contributed by atoms with Gasteiger partial charge in [-0.15, -0.1) is 11.3 Å². The summed E-state index contributed by atoms with van der Waals surface area (Å²) in [4.78, 5) is 13.1. The highest BCUT2D eigenvalue weighted by molar-refractivity contribution is 7.20. The second-order valence-electron chi connectivity index (χ2n) is 5.64. The predicted octanol–water partition coefficient (Wildman–Crippen LogP) is 3.63. The molecule has 0 radical (unpaired) electrons. The highest BCUT2D eigenvalue weighted by atomic mass is 32.1. The zero-order valence-electron chi connectivity index (χ0n) is 13.4. The lowest BCUT2D eigenvalue weighted by molar-refractivity contribution is 0.171. The maximum atomic E-state index is 9.15. The van der Waals surface area contributed by atoms with E-state index in [0.29, 0.717) is 29.8 Å². The first-order valence-electron chi connectivity index (χ1n) is 7.93. The minimum Gasteiger partial charge on any atom is -0.486 e. The molecule has 3 heterocycles. The Morgan fingerprint density at radius 2 is 1.88 bits per heavy atom. The molecule has 126 valence electrons. The van der Waals surface area contributed by atoms with E-state index in [1.807, 2.05) is 30.3 Å². The van der Waals surface area contributed by atoms with Gasteiger partial charge in [-0.1, -0.05) is 0 Å². The first kappa shape index (κ1) is 14.9. The van der Waals surface area contributed by atoms with E-state index in [1.165, 1.54) is 17.7 Å². The smallest absolute Gasteiger partial charge is 0.195 e. The van der Waals surface area contributed by atoms with Gasteiger partial charge in [0, 0.05) is 11.8 Å². The Labute approximate surface area is 151 Å². The van der Waals surface area contributed by atoms with Crippen LogP contribution in [0.3, 0.4) is 0 Å². The molecule has 26 heavy (non-hydrogen) atoms. The molecule has 5 rings (SSSR count). The lowest BCUT2D eigenvalue weighted by Crippen LogP contribution is -2.15. The number of benzene rings is 2. The van der Waals surface area contributed by atoms with Crippen molar-refractivity contribution in [3.8, 4) is 17.6 Å². The fourth-order valence-electron chi connectivity index (χ4n) is 2.93. The van der Waals surface area contributed by atoms with Crippen molar-refractivity contribution >= 4 is 44.0 Å². The van der Waals surface area contributed by atoms with Crippen molar-refractivity contribution in [3.05, 3.63) is 41.7 Å². The van der Waals surface area contributed by atoms with Gasteiger partial charge in [0.25, 0.3) is 0 Å². The van der Waals surface area contributed by atoms with E-state index in [1.54, 1.807) is 0 Å². The summed E-state index contributed by atoms with van der Waals surface area (Å²) in [6.45, 7) is 1.09.